The first-order valence-corrected chi connectivity index (χ1v) is 8.91. The maximum atomic E-state index is 10.5. The number of hydrazone groups is 1. The van der Waals surface area contributed by atoms with Crippen molar-refractivity contribution in [1.29, 1.82) is 0 Å². The van der Waals surface area contributed by atoms with Gasteiger partial charge in [0.2, 0.25) is 0 Å². The molecule has 0 fully saturated rings. The van der Waals surface area contributed by atoms with Crippen LogP contribution in [0.3, 0.4) is 0 Å². The minimum Gasteiger partial charge on any atom is -0.481 e. The fourth-order valence-corrected chi connectivity index (χ4v) is 2.50. The third-order valence-electron chi connectivity index (χ3n) is 3.29. The number of nitrogens with zero attached hydrogens (tertiary/aromatic N) is 1. The van der Waals surface area contributed by atoms with Gasteiger partial charge in [0, 0.05) is 28.6 Å². The fraction of sp³-hybridized carbons (Fsp3) is 0.167. The van der Waals surface area contributed by atoms with Gasteiger partial charge >= 0.3 is 5.97 Å². The van der Waals surface area contributed by atoms with Crippen LogP contribution in [-0.2, 0) is 4.79 Å². The average Bonchev–Trinajstić information content (AvgIpc) is 2.61. The number of carboxylic acids is 1. The van der Waals surface area contributed by atoms with Crippen LogP contribution >= 0.6 is 28.1 Å². The van der Waals surface area contributed by atoms with Crippen LogP contribution in [-0.4, -0.2) is 28.4 Å². The number of rotatable bonds is 7. The van der Waals surface area contributed by atoms with Crippen molar-refractivity contribution in [2.45, 2.75) is 12.8 Å². The van der Waals surface area contributed by atoms with E-state index in [4.69, 9.17) is 17.3 Å². The van der Waals surface area contributed by atoms with E-state index in [9.17, 15) is 4.79 Å². The fourth-order valence-electron chi connectivity index (χ4n) is 2.09. The predicted octanol–water partition coefficient (Wildman–Crippen LogP) is 3.53. The molecule has 2 rings (SSSR count). The molecule has 0 saturated carbocycles. The van der Waals surface area contributed by atoms with Gasteiger partial charge in [0.15, 0.2) is 5.11 Å². The zero-order valence-electron chi connectivity index (χ0n) is 13.4. The summed E-state index contributed by atoms with van der Waals surface area (Å²) in [5.41, 5.74) is 5.52. The highest BCUT2D eigenvalue weighted by molar-refractivity contribution is 9.10. The Balaban J connectivity index is 2.07. The van der Waals surface area contributed by atoms with E-state index in [1.54, 1.807) is 0 Å². The molecule has 25 heavy (non-hydrogen) atoms. The average molecular weight is 420 g/mol. The molecule has 0 atom stereocenters. The molecule has 0 saturated heterocycles. The summed E-state index contributed by atoms with van der Waals surface area (Å²) < 4.78 is 0.993. The monoisotopic (exact) mass is 419 g/mol. The first-order valence-electron chi connectivity index (χ1n) is 7.71. The van der Waals surface area contributed by atoms with Crippen molar-refractivity contribution >= 4 is 44.9 Å². The summed E-state index contributed by atoms with van der Waals surface area (Å²) in [5, 5.41) is 16.4. The van der Waals surface area contributed by atoms with E-state index in [1.807, 2.05) is 54.6 Å². The molecule has 0 aliphatic carbocycles. The quantitative estimate of drug-likeness (QED) is 0.277. The molecule has 0 spiro atoms. The van der Waals surface area contributed by atoms with Crippen molar-refractivity contribution in [3.63, 3.8) is 0 Å². The zero-order chi connectivity index (χ0) is 18.1. The third-order valence-corrected chi connectivity index (χ3v) is 4.05. The smallest absolute Gasteiger partial charge is 0.303 e. The minimum atomic E-state index is -0.819. The first kappa shape index (κ1) is 19.1. The summed E-state index contributed by atoms with van der Waals surface area (Å²) in [5.74, 6) is -0.819. The Kier molecular flexibility index (Phi) is 7.56. The molecule has 0 radical (unpaired) electrons. The molecular formula is C18H18BrN3O2S. The van der Waals surface area contributed by atoms with Crippen LogP contribution in [0.15, 0.2) is 64.2 Å². The van der Waals surface area contributed by atoms with E-state index in [0.29, 0.717) is 18.1 Å². The van der Waals surface area contributed by atoms with Crippen molar-refractivity contribution in [3.8, 4) is 0 Å². The van der Waals surface area contributed by atoms with Crippen LogP contribution in [0.1, 0.15) is 24.0 Å². The van der Waals surface area contributed by atoms with Gasteiger partial charge in [-0.05, 0) is 30.8 Å². The van der Waals surface area contributed by atoms with Crippen LogP contribution in [0.2, 0.25) is 0 Å². The van der Waals surface area contributed by atoms with Crippen LogP contribution in [0.4, 0.5) is 0 Å². The normalized spacial score (nSPS) is 11.0. The van der Waals surface area contributed by atoms with Crippen LogP contribution in [0, 0.1) is 0 Å². The van der Waals surface area contributed by atoms with Crippen molar-refractivity contribution < 1.29 is 9.90 Å². The molecule has 2 aromatic rings. The Hall–Kier alpha value is -2.25. The van der Waals surface area contributed by atoms with E-state index in [0.717, 1.165) is 21.3 Å². The van der Waals surface area contributed by atoms with Gasteiger partial charge in [-0.3, -0.25) is 10.2 Å². The largest absolute Gasteiger partial charge is 0.481 e. The molecule has 0 heterocycles. The van der Waals surface area contributed by atoms with Crippen molar-refractivity contribution in [2.75, 3.05) is 6.54 Å². The molecule has 0 aliphatic rings. The van der Waals surface area contributed by atoms with Gasteiger partial charge in [0.05, 0.1) is 5.71 Å². The first-order chi connectivity index (χ1) is 12.1. The number of thiocarbonyl (C=S) groups is 1. The van der Waals surface area contributed by atoms with Crippen LogP contribution in [0.5, 0.6) is 0 Å². The molecule has 0 unspecified atom stereocenters. The molecule has 3 N–H and O–H groups in total. The highest BCUT2D eigenvalue weighted by atomic mass is 79.9. The van der Waals surface area contributed by atoms with Gasteiger partial charge in [-0.2, -0.15) is 5.10 Å². The van der Waals surface area contributed by atoms with E-state index in [1.165, 1.54) is 0 Å². The number of aliphatic carboxylic acids is 1. The molecule has 0 aliphatic heterocycles. The third kappa shape index (κ3) is 6.64. The standard InChI is InChI=1S/C18H18BrN3O2S/c19-15-10-8-14(9-11-15)17(13-5-2-1-3-6-13)21-22-18(25)20-12-4-7-16(23)24/h1-3,5-6,8-11H,4,7,12H2,(H,23,24)(H2,20,22,25)/b21-17+. The summed E-state index contributed by atoms with van der Waals surface area (Å²) in [4.78, 5) is 10.5. The van der Waals surface area contributed by atoms with Gasteiger partial charge in [-0.1, -0.05) is 58.4 Å². The number of nitrogens with one attached hydrogen (secondary N) is 2. The minimum absolute atomic E-state index is 0.104. The highest BCUT2D eigenvalue weighted by Crippen LogP contribution is 2.15. The Morgan fingerprint density at radius 1 is 1.08 bits per heavy atom. The molecule has 7 heteroatoms. The second-order valence-electron chi connectivity index (χ2n) is 5.20. The summed E-state index contributed by atoms with van der Waals surface area (Å²) in [6, 6.07) is 17.7. The molecule has 130 valence electrons. The molecule has 5 nitrogen and oxygen atoms in total. The van der Waals surface area contributed by atoms with E-state index >= 15 is 0 Å². The summed E-state index contributed by atoms with van der Waals surface area (Å²) in [6.45, 7) is 0.479. The number of carboxylic acid groups (broad SMARTS) is 1. The molecule has 0 amide bonds. The summed E-state index contributed by atoms with van der Waals surface area (Å²) in [6.07, 6.45) is 0.603. The number of carbonyl (C=O) groups is 1. The van der Waals surface area contributed by atoms with Gasteiger partial charge < -0.3 is 10.4 Å². The zero-order valence-corrected chi connectivity index (χ0v) is 15.8. The van der Waals surface area contributed by atoms with Gasteiger partial charge in [-0.25, -0.2) is 0 Å². The Morgan fingerprint density at radius 3 is 2.36 bits per heavy atom. The lowest BCUT2D eigenvalue weighted by atomic mass is 10.0. The number of hydrogen-bond acceptors (Lipinski definition) is 3. The van der Waals surface area contributed by atoms with Gasteiger partial charge in [-0.15, -0.1) is 0 Å². The summed E-state index contributed by atoms with van der Waals surface area (Å²) >= 11 is 8.62. The summed E-state index contributed by atoms with van der Waals surface area (Å²) in [7, 11) is 0. The topological polar surface area (TPSA) is 73.7 Å². The maximum absolute atomic E-state index is 10.5. The van der Waals surface area contributed by atoms with E-state index in [2.05, 4.69) is 31.8 Å². The second kappa shape index (κ2) is 9.90. The second-order valence-corrected chi connectivity index (χ2v) is 6.52. The van der Waals surface area contributed by atoms with E-state index < -0.39 is 5.97 Å². The Bertz CT molecular complexity index is 749. The van der Waals surface area contributed by atoms with Crippen LogP contribution in [0.25, 0.3) is 0 Å². The predicted molar refractivity (Wildman–Crippen MR) is 107 cm³/mol. The van der Waals surface area contributed by atoms with E-state index in [-0.39, 0.29) is 6.42 Å². The van der Waals surface area contributed by atoms with Gasteiger partial charge in [0.25, 0.3) is 0 Å². The maximum Gasteiger partial charge on any atom is 0.303 e. The lowest BCUT2D eigenvalue weighted by molar-refractivity contribution is -0.137. The van der Waals surface area contributed by atoms with Crippen molar-refractivity contribution in [2.24, 2.45) is 5.10 Å². The lowest BCUT2D eigenvalue weighted by Crippen LogP contribution is -2.33. The van der Waals surface area contributed by atoms with Crippen molar-refractivity contribution in [1.82, 2.24) is 10.7 Å². The Morgan fingerprint density at radius 2 is 1.72 bits per heavy atom. The number of benzene rings is 2. The number of halogens is 1. The van der Waals surface area contributed by atoms with Crippen molar-refractivity contribution in [3.05, 3.63) is 70.2 Å². The SMILES string of the molecule is O=C(O)CCCNC(=S)N/N=C(\c1ccccc1)c1ccc(Br)cc1. The lowest BCUT2D eigenvalue weighted by Gasteiger charge is -2.10. The molecular weight excluding hydrogens is 402 g/mol. The number of hydrogen-bond donors (Lipinski definition) is 3. The van der Waals surface area contributed by atoms with Gasteiger partial charge in [0.1, 0.15) is 0 Å². The molecule has 2 aromatic carbocycles. The van der Waals surface area contributed by atoms with Crippen LogP contribution < -0.4 is 10.7 Å². The molecule has 0 aromatic heterocycles. The molecule has 0 bridgehead atoms. The highest BCUT2D eigenvalue weighted by Gasteiger charge is 2.07. The Labute approximate surface area is 160 Å².